The van der Waals surface area contributed by atoms with E-state index in [4.69, 9.17) is 19.9 Å². The molecule has 1 heterocycles. The number of ether oxygens (including phenoxy) is 3. The smallest absolute Gasteiger partial charge is 0.165 e. The molecule has 1 aromatic carbocycles. The zero-order chi connectivity index (χ0) is 13.2. The fourth-order valence-electron chi connectivity index (χ4n) is 1.93. The van der Waals surface area contributed by atoms with Crippen molar-refractivity contribution in [1.29, 1.82) is 0 Å². The molecule has 4 heteroatoms. The summed E-state index contributed by atoms with van der Waals surface area (Å²) in [6, 6.07) is 5.90. The molecule has 2 rings (SSSR count). The molecule has 0 saturated carbocycles. The molecule has 0 atom stereocenters. The van der Waals surface area contributed by atoms with Crippen LogP contribution in [0.4, 0.5) is 0 Å². The summed E-state index contributed by atoms with van der Waals surface area (Å²) in [6.07, 6.45) is 0.869. The van der Waals surface area contributed by atoms with Crippen LogP contribution in [0.3, 0.4) is 0 Å². The molecular formula is C14H21NO3. The second-order valence-electron chi connectivity index (χ2n) is 5.39. The molecule has 0 unspecified atom stereocenters. The first kappa shape index (κ1) is 13.2. The van der Waals surface area contributed by atoms with Gasteiger partial charge < -0.3 is 19.9 Å². The van der Waals surface area contributed by atoms with Gasteiger partial charge in [-0.15, -0.1) is 0 Å². The Morgan fingerprint density at radius 3 is 2.61 bits per heavy atom. The van der Waals surface area contributed by atoms with Crippen molar-refractivity contribution < 1.29 is 14.2 Å². The molecule has 1 aliphatic rings. The van der Waals surface area contributed by atoms with Crippen LogP contribution >= 0.6 is 0 Å². The van der Waals surface area contributed by atoms with Crippen molar-refractivity contribution in [2.24, 2.45) is 5.73 Å². The molecule has 0 spiro atoms. The fourth-order valence-corrected chi connectivity index (χ4v) is 1.93. The third-order valence-electron chi connectivity index (χ3n) is 2.82. The molecule has 0 radical (unpaired) electrons. The molecule has 0 aliphatic carbocycles. The van der Waals surface area contributed by atoms with Crippen molar-refractivity contribution in [3.63, 3.8) is 0 Å². The number of methoxy groups -OCH3 is 1. The lowest BCUT2D eigenvalue weighted by Gasteiger charge is -2.29. The summed E-state index contributed by atoms with van der Waals surface area (Å²) < 4.78 is 16.4. The second kappa shape index (κ2) is 5.16. The van der Waals surface area contributed by atoms with Crippen LogP contribution < -0.4 is 15.2 Å². The Labute approximate surface area is 108 Å². The van der Waals surface area contributed by atoms with Crippen LogP contribution in [0.5, 0.6) is 11.5 Å². The van der Waals surface area contributed by atoms with Crippen LogP contribution in [0.1, 0.15) is 19.4 Å². The summed E-state index contributed by atoms with van der Waals surface area (Å²) >= 11 is 0. The van der Waals surface area contributed by atoms with E-state index >= 15 is 0 Å². The topological polar surface area (TPSA) is 53.7 Å². The van der Waals surface area contributed by atoms with Gasteiger partial charge in [-0.1, -0.05) is 12.1 Å². The Morgan fingerprint density at radius 1 is 1.39 bits per heavy atom. The molecule has 4 nitrogen and oxygen atoms in total. The van der Waals surface area contributed by atoms with E-state index in [1.54, 1.807) is 7.11 Å². The minimum absolute atomic E-state index is 0.126. The average Bonchev–Trinajstić information content (AvgIpc) is 2.22. The molecule has 1 aromatic rings. The number of hydrogen-bond acceptors (Lipinski definition) is 4. The first-order valence-electron chi connectivity index (χ1n) is 6.19. The van der Waals surface area contributed by atoms with Gasteiger partial charge in [0.25, 0.3) is 0 Å². The predicted molar refractivity (Wildman–Crippen MR) is 70.2 cm³/mol. The highest BCUT2D eigenvalue weighted by molar-refractivity contribution is 5.47. The zero-order valence-corrected chi connectivity index (χ0v) is 11.2. The van der Waals surface area contributed by atoms with Gasteiger partial charge in [0, 0.05) is 5.54 Å². The van der Waals surface area contributed by atoms with Crippen molar-refractivity contribution in [1.82, 2.24) is 0 Å². The average molecular weight is 251 g/mol. The lowest BCUT2D eigenvalue weighted by Crippen LogP contribution is -2.39. The first-order chi connectivity index (χ1) is 8.49. The maximum Gasteiger partial charge on any atom is 0.165 e. The Hall–Kier alpha value is -1.26. The number of nitrogens with two attached hydrogens (primary N) is 1. The predicted octanol–water partition coefficient (Wildman–Crippen LogP) is 1.75. The number of para-hydroxylation sites is 1. The first-order valence-corrected chi connectivity index (χ1v) is 6.19. The van der Waals surface area contributed by atoms with Crippen LogP contribution in [-0.2, 0) is 11.2 Å². The van der Waals surface area contributed by atoms with E-state index in [2.05, 4.69) is 0 Å². The molecule has 1 aliphatic heterocycles. The Kier molecular flexibility index (Phi) is 3.78. The third kappa shape index (κ3) is 3.15. The van der Waals surface area contributed by atoms with Gasteiger partial charge in [0.05, 0.1) is 20.3 Å². The molecular weight excluding hydrogens is 230 g/mol. The largest absolute Gasteiger partial charge is 0.493 e. The standard InChI is InChI=1S/C14H21NO3/c1-14(2,15)7-10-5-4-6-12(16-3)13(10)18-11-8-17-9-11/h4-6,11H,7-9,15H2,1-3H3. The highest BCUT2D eigenvalue weighted by atomic mass is 16.6. The minimum Gasteiger partial charge on any atom is -0.493 e. The van der Waals surface area contributed by atoms with E-state index in [9.17, 15) is 0 Å². The quantitative estimate of drug-likeness (QED) is 0.866. The summed E-state index contributed by atoms with van der Waals surface area (Å²) in [5.41, 5.74) is 6.88. The summed E-state index contributed by atoms with van der Waals surface area (Å²) in [6.45, 7) is 5.29. The van der Waals surface area contributed by atoms with Gasteiger partial charge in [0.2, 0.25) is 0 Å². The van der Waals surface area contributed by atoms with E-state index in [1.807, 2.05) is 32.0 Å². The monoisotopic (exact) mass is 251 g/mol. The molecule has 18 heavy (non-hydrogen) atoms. The van der Waals surface area contributed by atoms with Crippen LogP contribution in [0, 0.1) is 0 Å². The molecule has 0 amide bonds. The van der Waals surface area contributed by atoms with Gasteiger partial charge in [0.1, 0.15) is 6.10 Å². The number of hydrogen-bond donors (Lipinski definition) is 1. The van der Waals surface area contributed by atoms with Crippen LogP contribution in [0.25, 0.3) is 0 Å². The van der Waals surface area contributed by atoms with E-state index in [0.29, 0.717) is 13.2 Å². The van der Waals surface area contributed by atoms with Gasteiger partial charge in [-0.25, -0.2) is 0 Å². The summed E-state index contributed by atoms with van der Waals surface area (Å²) in [5.74, 6) is 1.55. The zero-order valence-electron chi connectivity index (χ0n) is 11.2. The van der Waals surface area contributed by atoms with Crippen molar-refractivity contribution in [2.45, 2.75) is 31.9 Å². The summed E-state index contributed by atoms with van der Waals surface area (Å²) in [5, 5.41) is 0. The highest BCUT2D eigenvalue weighted by Gasteiger charge is 2.24. The number of benzene rings is 1. The van der Waals surface area contributed by atoms with Crippen molar-refractivity contribution in [2.75, 3.05) is 20.3 Å². The van der Waals surface area contributed by atoms with E-state index < -0.39 is 0 Å². The lowest BCUT2D eigenvalue weighted by atomic mass is 9.95. The van der Waals surface area contributed by atoms with Crippen LogP contribution in [0.15, 0.2) is 18.2 Å². The van der Waals surface area contributed by atoms with Gasteiger partial charge in [-0.3, -0.25) is 0 Å². The Balaban J connectivity index is 2.25. The molecule has 2 N–H and O–H groups in total. The molecule has 0 bridgehead atoms. The van der Waals surface area contributed by atoms with Crippen LogP contribution in [-0.4, -0.2) is 32.0 Å². The molecule has 100 valence electrons. The Bertz CT molecular complexity index is 408. The summed E-state index contributed by atoms with van der Waals surface area (Å²) in [4.78, 5) is 0. The van der Waals surface area contributed by atoms with Crippen molar-refractivity contribution in [3.8, 4) is 11.5 Å². The van der Waals surface area contributed by atoms with E-state index in [1.165, 1.54) is 0 Å². The third-order valence-corrected chi connectivity index (χ3v) is 2.82. The lowest BCUT2D eigenvalue weighted by molar-refractivity contribution is -0.0807. The maximum absolute atomic E-state index is 6.08. The van der Waals surface area contributed by atoms with Gasteiger partial charge >= 0.3 is 0 Å². The highest BCUT2D eigenvalue weighted by Crippen LogP contribution is 2.34. The van der Waals surface area contributed by atoms with Crippen molar-refractivity contribution >= 4 is 0 Å². The fraction of sp³-hybridized carbons (Fsp3) is 0.571. The Morgan fingerprint density at radius 2 is 2.11 bits per heavy atom. The molecule has 0 aromatic heterocycles. The molecule has 1 saturated heterocycles. The van der Waals surface area contributed by atoms with Gasteiger partial charge in [0.15, 0.2) is 11.5 Å². The van der Waals surface area contributed by atoms with Crippen molar-refractivity contribution in [3.05, 3.63) is 23.8 Å². The minimum atomic E-state index is -0.277. The van der Waals surface area contributed by atoms with Gasteiger partial charge in [-0.05, 0) is 31.9 Å². The second-order valence-corrected chi connectivity index (χ2v) is 5.39. The van der Waals surface area contributed by atoms with Crippen LogP contribution in [0.2, 0.25) is 0 Å². The van der Waals surface area contributed by atoms with E-state index in [-0.39, 0.29) is 11.6 Å². The summed E-state index contributed by atoms with van der Waals surface area (Å²) in [7, 11) is 1.65. The van der Waals surface area contributed by atoms with E-state index in [0.717, 1.165) is 23.5 Å². The number of rotatable bonds is 5. The normalized spacial score (nSPS) is 16.2. The molecule has 1 fully saturated rings. The SMILES string of the molecule is COc1cccc(CC(C)(C)N)c1OC1COC1. The van der Waals surface area contributed by atoms with Gasteiger partial charge in [-0.2, -0.15) is 0 Å². The maximum atomic E-state index is 6.08.